The summed E-state index contributed by atoms with van der Waals surface area (Å²) in [6.07, 6.45) is 8.13. The standard InChI is InChI=1S/C26H26N2O2/c29-26(15-19-8-10-21(11-9-19)20-5-2-1-3-6-20)28-22-12-13-23(28)17-25(16-22)30-24-7-4-14-27-18-24/h1-11,14,18,22-23,25H,12-13,15-17H2. The normalized spacial score (nSPS) is 22.7. The largest absolute Gasteiger partial charge is 0.489 e. The number of carbonyl (C=O) groups is 1. The minimum absolute atomic E-state index is 0.168. The molecule has 3 heterocycles. The van der Waals surface area contributed by atoms with Crippen LogP contribution in [0.3, 0.4) is 0 Å². The number of benzene rings is 2. The van der Waals surface area contributed by atoms with Gasteiger partial charge in [-0.1, -0.05) is 54.6 Å². The smallest absolute Gasteiger partial charge is 0.227 e. The molecule has 5 rings (SSSR count). The summed E-state index contributed by atoms with van der Waals surface area (Å²) in [7, 11) is 0. The molecule has 4 heteroatoms. The Balaban J connectivity index is 1.22. The third-order valence-corrected chi connectivity index (χ3v) is 6.33. The average molecular weight is 399 g/mol. The molecule has 2 aliphatic heterocycles. The van der Waals surface area contributed by atoms with Crippen LogP contribution in [0.2, 0.25) is 0 Å². The van der Waals surface area contributed by atoms with E-state index in [-0.39, 0.29) is 12.0 Å². The van der Waals surface area contributed by atoms with Crippen molar-refractivity contribution in [1.82, 2.24) is 9.88 Å². The van der Waals surface area contributed by atoms with Gasteiger partial charge in [-0.25, -0.2) is 0 Å². The number of hydrogen-bond acceptors (Lipinski definition) is 3. The zero-order valence-corrected chi connectivity index (χ0v) is 17.0. The zero-order valence-electron chi connectivity index (χ0n) is 17.0. The summed E-state index contributed by atoms with van der Waals surface area (Å²) in [5.74, 6) is 1.06. The van der Waals surface area contributed by atoms with Gasteiger partial charge in [0.25, 0.3) is 0 Å². The van der Waals surface area contributed by atoms with E-state index < -0.39 is 0 Å². The van der Waals surface area contributed by atoms with Gasteiger partial charge in [-0.05, 0) is 41.7 Å². The van der Waals surface area contributed by atoms with Gasteiger partial charge in [-0.15, -0.1) is 0 Å². The number of ether oxygens (including phenoxy) is 1. The molecule has 2 unspecified atom stereocenters. The summed E-state index contributed by atoms with van der Waals surface area (Å²) >= 11 is 0. The van der Waals surface area contributed by atoms with Crippen molar-refractivity contribution in [3.05, 3.63) is 84.7 Å². The Labute approximate surface area is 177 Å². The van der Waals surface area contributed by atoms with Crippen LogP contribution in [0.4, 0.5) is 0 Å². The second-order valence-corrected chi connectivity index (χ2v) is 8.33. The van der Waals surface area contributed by atoms with E-state index in [0.29, 0.717) is 18.5 Å². The monoisotopic (exact) mass is 398 g/mol. The van der Waals surface area contributed by atoms with Crippen LogP contribution in [0.1, 0.15) is 31.2 Å². The van der Waals surface area contributed by atoms with Crippen LogP contribution in [0.15, 0.2) is 79.1 Å². The molecule has 2 fully saturated rings. The predicted octanol–water partition coefficient (Wildman–Crippen LogP) is 4.89. The number of hydrogen-bond donors (Lipinski definition) is 0. The second-order valence-electron chi connectivity index (χ2n) is 8.33. The summed E-state index contributed by atoms with van der Waals surface area (Å²) < 4.78 is 6.14. The Morgan fingerprint density at radius 3 is 2.27 bits per heavy atom. The van der Waals surface area contributed by atoms with Gasteiger partial charge in [0, 0.05) is 31.1 Å². The van der Waals surface area contributed by atoms with Gasteiger partial charge >= 0.3 is 0 Å². The first-order chi connectivity index (χ1) is 14.8. The third-order valence-electron chi connectivity index (χ3n) is 6.33. The number of piperidine rings is 1. The fraction of sp³-hybridized carbons (Fsp3) is 0.308. The van der Waals surface area contributed by atoms with Crippen LogP contribution in [-0.2, 0) is 11.2 Å². The van der Waals surface area contributed by atoms with Gasteiger partial charge in [-0.3, -0.25) is 9.78 Å². The number of nitrogens with zero attached hydrogens (tertiary/aromatic N) is 2. The highest BCUT2D eigenvalue weighted by molar-refractivity contribution is 5.80. The average Bonchev–Trinajstić information content (AvgIpc) is 3.06. The lowest BCUT2D eigenvalue weighted by Crippen LogP contribution is -2.49. The highest BCUT2D eigenvalue weighted by Crippen LogP contribution is 2.37. The van der Waals surface area contributed by atoms with Gasteiger partial charge in [-0.2, -0.15) is 0 Å². The first kappa shape index (κ1) is 18.9. The molecule has 0 aliphatic carbocycles. The minimum atomic E-state index is 0.168. The van der Waals surface area contributed by atoms with E-state index in [1.165, 1.54) is 11.1 Å². The molecular formula is C26H26N2O2. The Kier molecular flexibility index (Phi) is 5.22. The molecule has 2 bridgehead atoms. The van der Waals surface area contributed by atoms with Crippen LogP contribution in [0, 0.1) is 0 Å². The summed E-state index contributed by atoms with van der Waals surface area (Å²) in [4.78, 5) is 19.4. The van der Waals surface area contributed by atoms with Crippen molar-refractivity contribution in [2.45, 2.75) is 50.3 Å². The first-order valence-electron chi connectivity index (χ1n) is 10.8. The summed E-state index contributed by atoms with van der Waals surface area (Å²) in [6.45, 7) is 0. The van der Waals surface area contributed by atoms with Crippen molar-refractivity contribution >= 4 is 5.91 Å². The second kappa shape index (κ2) is 8.31. The quantitative estimate of drug-likeness (QED) is 0.614. The number of amides is 1. The maximum atomic E-state index is 13.1. The highest BCUT2D eigenvalue weighted by atomic mass is 16.5. The minimum Gasteiger partial charge on any atom is -0.489 e. The Morgan fingerprint density at radius 2 is 1.60 bits per heavy atom. The van der Waals surface area contributed by atoms with E-state index in [9.17, 15) is 4.79 Å². The Morgan fingerprint density at radius 1 is 0.900 bits per heavy atom. The summed E-state index contributed by atoms with van der Waals surface area (Å²) in [5, 5.41) is 0. The summed E-state index contributed by atoms with van der Waals surface area (Å²) in [6, 6.07) is 23.2. The van der Waals surface area contributed by atoms with E-state index in [2.05, 4.69) is 46.3 Å². The molecule has 2 aromatic carbocycles. The fourth-order valence-electron chi connectivity index (χ4n) is 4.95. The van der Waals surface area contributed by atoms with Gasteiger partial charge in [0.1, 0.15) is 11.9 Å². The summed E-state index contributed by atoms with van der Waals surface area (Å²) in [5.41, 5.74) is 3.46. The fourth-order valence-corrected chi connectivity index (χ4v) is 4.95. The molecule has 1 amide bonds. The molecule has 2 atom stereocenters. The first-order valence-corrected chi connectivity index (χ1v) is 10.8. The van der Waals surface area contributed by atoms with Gasteiger partial charge in [0.15, 0.2) is 0 Å². The molecule has 2 saturated heterocycles. The van der Waals surface area contributed by atoms with E-state index in [0.717, 1.165) is 37.0 Å². The number of pyridine rings is 1. The van der Waals surface area contributed by atoms with Crippen LogP contribution in [0.25, 0.3) is 11.1 Å². The highest BCUT2D eigenvalue weighted by Gasteiger charge is 2.43. The van der Waals surface area contributed by atoms with Crippen LogP contribution >= 0.6 is 0 Å². The lowest BCUT2D eigenvalue weighted by molar-refractivity contribution is -0.136. The number of aromatic nitrogens is 1. The third kappa shape index (κ3) is 3.95. The lowest BCUT2D eigenvalue weighted by Gasteiger charge is -2.39. The van der Waals surface area contributed by atoms with Gasteiger partial charge < -0.3 is 9.64 Å². The van der Waals surface area contributed by atoms with Gasteiger partial charge in [0.2, 0.25) is 5.91 Å². The van der Waals surface area contributed by atoms with E-state index >= 15 is 0 Å². The molecular weight excluding hydrogens is 372 g/mol. The van der Waals surface area contributed by atoms with Crippen LogP contribution in [0.5, 0.6) is 5.75 Å². The maximum Gasteiger partial charge on any atom is 0.227 e. The van der Waals surface area contributed by atoms with E-state index in [1.807, 2.05) is 30.3 Å². The van der Waals surface area contributed by atoms with Crippen molar-refractivity contribution in [1.29, 1.82) is 0 Å². The predicted molar refractivity (Wildman–Crippen MR) is 117 cm³/mol. The van der Waals surface area contributed by atoms with E-state index in [1.54, 1.807) is 12.4 Å². The molecule has 0 saturated carbocycles. The Hall–Kier alpha value is -3.14. The van der Waals surface area contributed by atoms with E-state index in [4.69, 9.17) is 4.74 Å². The number of rotatable bonds is 5. The topological polar surface area (TPSA) is 42.4 Å². The van der Waals surface area contributed by atoms with Gasteiger partial charge in [0.05, 0.1) is 12.6 Å². The Bertz CT molecular complexity index is 975. The molecule has 1 aromatic heterocycles. The van der Waals surface area contributed by atoms with Crippen molar-refractivity contribution in [2.75, 3.05) is 0 Å². The van der Waals surface area contributed by atoms with Crippen molar-refractivity contribution < 1.29 is 9.53 Å². The molecule has 0 radical (unpaired) electrons. The SMILES string of the molecule is O=C(Cc1ccc(-c2ccccc2)cc1)N1C2CCC1CC(Oc1cccnc1)C2. The van der Waals surface area contributed by atoms with Crippen molar-refractivity contribution in [3.8, 4) is 16.9 Å². The maximum absolute atomic E-state index is 13.1. The molecule has 30 heavy (non-hydrogen) atoms. The molecule has 152 valence electrons. The molecule has 0 spiro atoms. The number of carbonyl (C=O) groups excluding carboxylic acids is 1. The molecule has 2 aliphatic rings. The van der Waals surface area contributed by atoms with Crippen molar-refractivity contribution in [3.63, 3.8) is 0 Å². The molecule has 4 nitrogen and oxygen atoms in total. The molecule has 0 N–H and O–H groups in total. The van der Waals surface area contributed by atoms with Crippen LogP contribution < -0.4 is 4.74 Å². The zero-order chi connectivity index (χ0) is 20.3. The van der Waals surface area contributed by atoms with Crippen molar-refractivity contribution in [2.24, 2.45) is 0 Å². The lowest BCUT2D eigenvalue weighted by atomic mass is 9.98. The molecule has 3 aromatic rings. The van der Waals surface area contributed by atoms with Crippen LogP contribution in [-0.4, -0.2) is 34.0 Å². The number of fused-ring (bicyclic) bond motifs is 2.